The van der Waals surface area contributed by atoms with Crippen molar-refractivity contribution in [2.24, 2.45) is 15.9 Å². The summed E-state index contributed by atoms with van der Waals surface area (Å²) in [5.41, 5.74) is 2.51. The Morgan fingerprint density at radius 2 is 2.00 bits per heavy atom. The van der Waals surface area contributed by atoms with E-state index in [0.717, 1.165) is 25.9 Å². The fraction of sp³-hybridized carbons (Fsp3) is 0.600. The van der Waals surface area contributed by atoms with E-state index in [0.29, 0.717) is 5.92 Å². The number of nitrogens with zero attached hydrogens (tertiary/aromatic N) is 2. The van der Waals surface area contributed by atoms with Crippen molar-refractivity contribution in [3.8, 4) is 0 Å². The zero-order valence-electron chi connectivity index (χ0n) is 7.29. The first kappa shape index (κ1) is 7.71. The Kier molecular flexibility index (Phi) is 2.07. The van der Waals surface area contributed by atoms with Gasteiger partial charge in [0, 0.05) is 0 Å². The Morgan fingerprint density at radius 3 is 2.75 bits per heavy atom. The number of aliphatic imine (C=N–C) groups is 2. The van der Waals surface area contributed by atoms with Gasteiger partial charge < -0.3 is 0 Å². The van der Waals surface area contributed by atoms with Gasteiger partial charge in [0.05, 0.1) is 24.5 Å². The maximum absolute atomic E-state index is 4.49. The molecule has 0 saturated heterocycles. The molecule has 2 nitrogen and oxygen atoms in total. The lowest BCUT2D eigenvalue weighted by Gasteiger charge is -2.24. The summed E-state index contributed by atoms with van der Waals surface area (Å²) in [6.45, 7) is 5.62. The van der Waals surface area contributed by atoms with Gasteiger partial charge in [0.25, 0.3) is 0 Å². The van der Waals surface area contributed by atoms with Crippen LogP contribution in [0.3, 0.4) is 0 Å². The van der Waals surface area contributed by atoms with Gasteiger partial charge in [-0.25, -0.2) is 0 Å². The Hall–Kier alpha value is -0.920. The van der Waals surface area contributed by atoms with Crippen molar-refractivity contribution in [3.05, 3.63) is 12.7 Å². The van der Waals surface area contributed by atoms with E-state index in [2.05, 4.69) is 16.6 Å². The lowest BCUT2D eigenvalue weighted by atomic mass is 9.86. The molecule has 0 aromatic rings. The lowest BCUT2D eigenvalue weighted by molar-refractivity contribution is 0.614. The monoisotopic (exact) mass is 162 g/mol. The van der Waals surface area contributed by atoms with E-state index in [1.165, 1.54) is 17.8 Å². The van der Waals surface area contributed by atoms with Crippen molar-refractivity contribution in [1.29, 1.82) is 0 Å². The van der Waals surface area contributed by atoms with Crippen molar-refractivity contribution >= 4 is 11.4 Å². The fourth-order valence-corrected chi connectivity index (χ4v) is 1.83. The predicted octanol–water partition coefficient (Wildman–Crippen LogP) is 1.87. The van der Waals surface area contributed by atoms with E-state index >= 15 is 0 Å². The van der Waals surface area contributed by atoms with Gasteiger partial charge in [-0.15, -0.1) is 6.58 Å². The summed E-state index contributed by atoms with van der Waals surface area (Å²) in [5.74, 6) is 0.640. The van der Waals surface area contributed by atoms with Gasteiger partial charge >= 0.3 is 0 Å². The van der Waals surface area contributed by atoms with E-state index in [-0.39, 0.29) is 0 Å². The summed E-state index contributed by atoms with van der Waals surface area (Å²) in [6, 6.07) is 0. The number of fused-ring (bicyclic) bond motifs is 1. The second-order valence-electron chi connectivity index (χ2n) is 3.40. The van der Waals surface area contributed by atoms with Crippen LogP contribution in [-0.2, 0) is 0 Å². The van der Waals surface area contributed by atoms with Crippen LogP contribution in [0, 0.1) is 5.92 Å². The molecule has 0 N–H and O–H groups in total. The summed E-state index contributed by atoms with van der Waals surface area (Å²) in [5, 5.41) is 0. The quantitative estimate of drug-likeness (QED) is 0.526. The van der Waals surface area contributed by atoms with E-state index in [1.54, 1.807) is 0 Å². The summed E-state index contributed by atoms with van der Waals surface area (Å²) in [4.78, 5) is 8.96. The molecule has 1 saturated carbocycles. The molecule has 0 aromatic heterocycles. The zero-order chi connectivity index (χ0) is 8.39. The lowest BCUT2D eigenvalue weighted by Crippen LogP contribution is -2.27. The molecule has 2 rings (SSSR count). The first-order valence-corrected chi connectivity index (χ1v) is 4.59. The number of hydrogen-bond donors (Lipinski definition) is 0. The van der Waals surface area contributed by atoms with Crippen LogP contribution < -0.4 is 0 Å². The van der Waals surface area contributed by atoms with Gasteiger partial charge in [0.1, 0.15) is 0 Å². The Labute approximate surface area is 73.1 Å². The van der Waals surface area contributed by atoms with Crippen molar-refractivity contribution < 1.29 is 0 Å². The van der Waals surface area contributed by atoms with Crippen molar-refractivity contribution in [3.63, 3.8) is 0 Å². The third kappa shape index (κ3) is 1.33. The van der Waals surface area contributed by atoms with Crippen LogP contribution in [0.2, 0.25) is 0 Å². The molecular formula is C10H14N2. The highest BCUT2D eigenvalue weighted by Gasteiger charge is 2.22. The molecule has 0 amide bonds. The van der Waals surface area contributed by atoms with Gasteiger partial charge in [-0.3, -0.25) is 9.98 Å². The third-order valence-corrected chi connectivity index (χ3v) is 2.58. The molecule has 0 bridgehead atoms. The molecule has 2 heteroatoms. The second-order valence-corrected chi connectivity index (χ2v) is 3.40. The Bertz CT molecular complexity index is 251. The van der Waals surface area contributed by atoms with Gasteiger partial charge in [0.15, 0.2) is 0 Å². The van der Waals surface area contributed by atoms with E-state index in [1.807, 2.05) is 6.08 Å². The smallest absolute Gasteiger partial charge is 0.0589 e. The average molecular weight is 162 g/mol. The molecule has 1 aliphatic heterocycles. The molecule has 1 fully saturated rings. The summed E-state index contributed by atoms with van der Waals surface area (Å²) < 4.78 is 0. The van der Waals surface area contributed by atoms with Crippen molar-refractivity contribution in [2.45, 2.75) is 19.3 Å². The normalized spacial score (nSPS) is 28.5. The molecule has 1 heterocycles. The predicted molar refractivity (Wildman–Crippen MR) is 52.1 cm³/mol. The maximum Gasteiger partial charge on any atom is 0.0589 e. The fourth-order valence-electron chi connectivity index (χ4n) is 1.83. The summed E-state index contributed by atoms with van der Waals surface area (Å²) in [7, 11) is 0. The molecule has 0 aromatic carbocycles. The Balaban J connectivity index is 2.13. The zero-order valence-corrected chi connectivity index (χ0v) is 7.29. The number of hydrogen-bond acceptors (Lipinski definition) is 2. The first-order valence-electron chi connectivity index (χ1n) is 4.59. The van der Waals surface area contributed by atoms with Gasteiger partial charge in [0.2, 0.25) is 0 Å². The highest BCUT2D eigenvalue weighted by molar-refractivity contribution is 6.43. The molecule has 2 aliphatic rings. The van der Waals surface area contributed by atoms with Crippen LogP contribution in [0.1, 0.15) is 19.3 Å². The highest BCUT2D eigenvalue weighted by atomic mass is 14.9. The molecule has 64 valence electrons. The number of allylic oxidation sites excluding steroid dienone is 1. The van der Waals surface area contributed by atoms with Crippen LogP contribution in [0.15, 0.2) is 22.6 Å². The van der Waals surface area contributed by atoms with Crippen molar-refractivity contribution in [1.82, 2.24) is 0 Å². The van der Waals surface area contributed by atoms with Gasteiger partial charge in [-0.05, 0) is 25.2 Å². The first-order chi connectivity index (χ1) is 5.90. The van der Waals surface area contributed by atoms with Crippen LogP contribution in [0.4, 0.5) is 0 Å². The van der Waals surface area contributed by atoms with Crippen LogP contribution in [0.5, 0.6) is 0 Å². The SMILES string of the molecule is C=CC1CCC2=NCCN=C2C1. The summed E-state index contributed by atoms with van der Waals surface area (Å²) in [6.07, 6.45) is 5.44. The minimum absolute atomic E-state index is 0.640. The largest absolute Gasteiger partial charge is 0.286 e. The Morgan fingerprint density at radius 1 is 1.25 bits per heavy atom. The highest BCUT2D eigenvalue weighted by Crippen LogP contribution is 2.22. The van der Waals surface area contributed by atoms with Crippen LogP contribution in [-0.4, -0.2) is 24.5 Å². The van der Waals surface area contributed by atoms with Crippen LogP contribution in [0.25, 0.3) is 0 Å². The van der Waals surface area contributed by atoms with E-state index < -0.39 is 0 Å². The average Bonchev–Trinajstić information content (AvgIpc) is 2.17. The van der Waals surface area contributed by atoms with E-state index in [9.17, 15) is 0 Å². The number of rotatable bonds is 1. The topological polar surface area (TPSA) is 24.7 Å². The van der Waals surface area contributed by atoms with E-state index in [4.69, 9.17) is 0 Å². The molecule has 0 radical (unpaired) electrons. The molecule has 0 spiro atoms. The van der Waals surface area contributed by atoms with Gasteiger partial charge in [-0.2, -0.15) is 0 Å². The van der Waals surface area contributed by atoms with Gasteiger partial charge in [-0.1, -0.05) is 6.08 Å². The minimum atomic E-state index is 0.640. The second kappa shape index (κ2) is 3.21. The summed E-state index contributed by atoms with van der Waals surface area (Å²) >= 11 is 0. The molecule has 12 heavy (non-hydrogen) atoms. The minimum Gasteiger partial charge on any atom is -0.286 e. The third-order valence-electron chi connectivity index (χ3n) is 2.58. The molecule has 1 atom stereocenters. The van der Waals surface area contributed by atoms with Crippen LogP contribution >= 0.6 is 0 Å². The molecule has 1 unspecified atom stereocenters. The molecule has 1 aliphatic carbocycles. The van der Waals surface area contributed by atoms with Crippen molar-refractivity contribution in [2.75, 3.05) is 13.1 Å². The maximum atomic E-state index is 4.49. The molecular weight excluding hydrogens is 148 g/mol. The standard InChI is InChI=1S/C10H14N2/c1-2-8-3-4-9-10(7-8)12-6-5-11-9/h2,8H,1,3-7H2.